The van der Waals surface area contributed by atoms with E-state index >= 15 is 0 Å². The molecule has 0 amide bonds. The van der Waals surface area contributed by atoms with Crippen LogP contribution in [0.1, 0.15) is 11.3 Å². The Kier molecular flexibility index (Phi) is 1.34. The zero-order valence-electron chi connectivity index (χ0n) is 6.65. The zero-order chi connectivity index (χ0) is 8.55. The molecule has 0 aliphatic heterocycles. The maximum absolute atomic E-state index is 8.62. The molecule has 3 heteroatoms. The van der Waals surface area contributed by atoms with Crippen LogP contribution in [-0.4, -0.2) is 9.38 Å². The number of pyridine rings is 1. The summed E-state index contributed by atoms with van der Waals surface area (Å²) in [6.45, 7) is 1.98. The third-order valence-corrected chi connectivity index (χ3v) is 1.83. The van der Waals surface area contributed by atoms with E-state index in [-0.39, 0.29) is 0 Å². The van der Waals surface area contributed by atoms with E-state index in [4.69, 9.17) is 5.26 Å². The van der Waals surface area contributed by atoms with Crippen LogP contribution in [0.2, 0.25) is 0 Å². The predicted octanol–water partition coefficient (Wildman–Crippen LogP) is 1.51. The summed E-state index contributed by atoms with van der Waals surface area (Å²) in [5.74, 6) is 0. The smallest absolute Gasteiger partial charge is 0.138 e. The lowest BCUT2D eigenvalue weighted by Crippen LogP contribution is -1.86. The van der Waals surface area contributed by atoms with E-state index < -0.39 is 0 Å². The Labute approximate surface area is 69.9 Å². The van der Waals surface area contributed by atoms with Crippen molar-refractivity contribution < 1.29 is 0 Å². The fourth-order valence-electron chi connectivity index (χ4n) is 1.18. The minimum Gasteiger partial charge on any atom is -0.304 e. The summed E-state index contributed by atoms with van der Waals surface area (Å²) in [4.78, 5) is 4.14. The minimum atomic E-state index is 0.646. The second-order valence-corrected chi connectivity index (χ2v) is 2.66. The van der Waals surface area contributed by atoms with Crippen molar-refractivity contribution in [1.29, 1.82) is 5.26 Å². The summed E-state index contributed by atoms with van der Waals surface area (Å²) < 4.78 is 1.95. The van der Waals surface area contributed by atoms with Crippen molar-refractivity contribution in [3.63, 3.8) is 0 Å². The maximum atomic E-state index is 8.62. The third kappa shape index (κ3) is 0.857. The predicted molar refractivity (Wildman–Crippen MR) is 44.6 cm³/mol. The lowest BCUT2D eigenvalue weighted by Gasteiger charge is -1.94. The highest BCUT2D eigenvalue weighted by Gasteiger charge is 1.98. The fourth-order valence-corrected chi connectivity index (χ4v) is 1.18. The number of hydrogen-bond donors (Lipinski definition) is 0. The molecule has 2 rings (SSSR count). The van der Waals surface area contributed by atoms with Crippen LogP contribution >= 0.6 is 0 Å². The van der Waals surface area contributed by atoms with Gasteiger partial charge in [0.25, 0.3) is 0 Å². The van der Waals surface area contributed by atoms with Gasteiger partial charge >= 0.3 is 0 Å². The van der Waals surface area contributed by atoms with Crippen LogP contribution in [0, 0.1) is 18.3 Å². The summed E-state index contributed by atoms with van der Waals surface area (Å²) in [5.41, 5.74) is 2.55. The van der Waals surface area contributed by atoms with Crippen molar-refractivity contribution in [2.75, 3.05) is 0 Å². The number of imidazole rings is 1. The van der Waals surface area contributed by atoms with Crippen LogP contribution in [0.4, 0.5) is 0 Å². The Morgan fingerprint density at radius 3 is 3.17 bits per heavy atom. The molecule has 0 atom stereocenters. The van der Waals surface area contributed by atoms with Crippen LogP contribution < -0.4 is 0 Å². The van der Waals surface area contributed by atoms with Crippen molar-refractivity contribution in [2.45, 2.75) is 6.92 Å². The number of aromatic nitrogens is 2. The summed E-state index contributed by atoms with van der Waals surface area (Å²) in [6, 6.07) is 5.63. The second kappa shape index (κ2) is 2.35. The highest BCUT2D eigenvalue weighted by molar-refractivity contribution is 5.46. The average Bonchev–Trinajstić information content (AvgIpc) is 2.47. The Hall–Kier alpha value is -1.82. The quantitative estimate of drug-likeness (QED) is 0.581. The molecule has 12 heavy (non-hydrogen) atoms. The van der Waals surface area contributed by atoms with Gasteiger partial charge in [0.2, 0.25) is 0 Å². The number of aryl methyl sites for hydroxylation is 1. The van der Waals surface area contributed by atoms with Gasteiger partial charge < -0.3 is 4.40 Å². The first-order valence-corrected chi connectivity index (χ1v) is 3.65. The minimum absolute atomic E-state index is 0.646. The molecule has 0 saturated carbocycles. The van der Waals surface area contributed by atoms with Crippen LogP contribution in [0.5, 0.6) is 0 Å². The average molecular weight is 157 g/mol. The van der Waals surface area contributed by atoms with E-state index in [1.807, 2.05) is 17.5 Å². The summed E-state index contributed by atoms with van der Waals surface area (Å²) in [7, 11) is 0. The van der Waals surface area contributed by atoms with Crippen LogP contribution in [0.3, 0.4) is 0 Å². The van der Waals surface area contributed by atoms with Crippen LogP contribution in [0.15, 0.2) is 24.5 Å². The van der Waals surface area contributed by atoms with Crippen LogP contribution in [-0.2, 0) is 0 Å². The molecule has 0 unspecified atom stereocenters. The molecule has 0 aliphatic rings. The maximum Gasteiger partial charge on any atom is 0.138 e. The summed E-state index contributed by atoms with van der Waals surface area (Å²) in [5, 5.41) is 8.62. The van der Waals surface area contributed by atoms with Gasteiger partial charge in [0.15, 0.2) is 0 Å². The van der Waals surface area contributed by atoms with E-state index in [0.717, 1.165) is 11.3 Å². The fraction of sp³-hybridized carbons (Fsp3) is 0.111. The van der Waals surface area contributed by atoms with Gasteiger partial charge in [0, 0.05) is 18.1 Å². The van der Waals surface area contributed by atoms with E-state index in [1.165, 1.54) is 0 Å². The molecule has 0 N–H and O–H groups in total. The van der Waals surface area contributed by atoms with Gasteiger partial charge in [-0.3, -0.25) is 0 Å². The van der Waals surface area contributed by atoms with Gasteiger partial charge in [-0.25, -0.2) is 4.98 Å². The van der Waals surface area contributed by atoms with Crippen molar-refractivity contribution in [3.05, 3.63) is 35.8 Å². The molecule has 3 nitrogen and oxygen atoms in total. The lowest BCUT2D eigenvalue weighted by molar-refractivity contribution is 1.11. The Morgan fingerprint density at radius 2 is 2.42 bits per heavy atom. The molecular weight excluding hydrogens is 150 g/mol. The number of hydrogen-bond acceptors (Lipinski definition) is 2. The largest absolute Gasteiger partial charge is 0.304 e. The molecule has 0 radical (unpaired) electrons. The molecule has 2 aromatic rings. The first kappa shape index (κ1) is 6.86. The summed E-state index contributed by atoms with van der Waals surface area (Å²) >= 11 is 0. The van der Waals surface area contributed by atoms with E-state index in [1.54, 1.807) is 18.3 Å². The monoisotopic (exact) mass is 157 g/mol. The molecule has 0 spiro atoms. The van der Waals surface area contributed by atoms with Gasteiger partial charge in [-0.2, -0.15) is 5.26 Å². The normalized spacial score (nSPS) is 10.0. The first-order valence-electron chi connectivity index (χ1n) is 3.65. The topological polar surface area (TPSA) is 41.1 Å². The molecule has 2 aromatic heterocycles. The number of rotatable bonds is 0. The molecule has 0 fully saturated rings. The molecule has 0 saturated heterocycles. The van der Waals surface area contributed by atoms with Crippen LogP contribution in [0.25, 0.3) is 5.65 Å². The van der Waals surface area contributed by atoms with Crippen molar-refractivity contribution in [3.8, 4) is 6.07 Å². The van der Waals surface area contributed by atoms with Gasteiger partial charge in [0.05, 0.1) is 11.6 Å². The van der Waals surface area contributed by atoms with Gasteiger partial charge in [-0.15, -0.1) is 0 Å². The third-order valence-electron chi connectivity index (χ3n) is 1.83. The SMILES string of the molecule is Cc1cnc2cc(C#N)ccn12. The number of fused-ring (bicyclic) bond motifs is 1. The molecule has 0 aliphatic carbocycles. The van der Waals surface area contributed by atoms with Gasteiger partial charge in [-0.05, 0) is 19.1 Å². The standard InChI is InChI=1S/C9H7N3/c1-7-6-11-9-4-8(5-10)2-3-12(7)9/h2-4,6H,1H3. The highest BCUT2D eigenvalue weighted by atomic mass is 15.0. The van der Waals surface area contributed by atoms with Crippen molar-refractivity contribution in [2.24, 2.45) is 0 Å². The Bertz CT molecular complexity index is 462. The van der Waals surface area contributed by atoms with Gasteiger partial charge in [-0.1, -0.05) is 0 Å². The Balaban J connectivity index is 2.80. The number of nitrogens with zero attached hydrogens (tertiary/aromatic N) is 3. The molecule has 0 bridgehead atoms. The number of nitriles is 1. The van der Waals surface area contributed by atoms with E-state index in [9.17, 15) is 0 Å². The lowest BCUT2D eigenvalue weighted by atomic mass is 10.3. The van der Waals surface area contributed by atoms with Crippen molar-refractivity contribution in [1.82, 2.24) is 9.38 Å². The van der Waals surface area contributed by atoms with E-state index in [2.05, 4.69) is 11.1 Å². The Morgan fingerprint density at radius 1 is 1.58 bits per heavy atom. The van der Waals surface area contributed by atoms with Crippen molar-refractivity contribution >= 4 is 5.65 Å². The molecular formula is C9H7N3. The zero-order valence-corrected chi connectivity index (χ0v) is 6.65. The molecule has 2 heterocycles. The first-order chi connectivity index (χ1) is 5.81. The van der Waals surface area contributed by atoms with E-state index in [0.29, 0.717) is 5.56 Å². The van der Waals surface area contributed by atoms with Gasteiger partial charge in [0.1, 0.15) is 5.65 Å². The second-order valence-electron chi connectivity index (χ2n) is 2.66. The highest BCUT2D eigenvalue weighted by Crippen LogP contribution is 2.07. The molecule has 0 aromatic carbocycles. The molecule has 58 valence electrons. The summed E-state index contributed by atoms with van der Waals surface area (Å²) in [6.07, 6.45) is 3.65.